The SMILES string of the molecule is CCCN=C(NN)Nc1cc(F)c(F)c(F)c1. The molecule has 0 aromatic heterocycles. The van der Waals surface area contributed by atoms with E-state index in [1.54, 1.807) is 0 Å². The van der Waals surface area contributed by atoms with Crippen molar-refractivity contribution in [2.45, 2.75) is 13.3 Å². The van der Waals surface area contributed by atoms with Gasteiger partial charge in [-0.2, -0.15) is 0 Å². The Kier molecular flexibility index (Phi) is 4.77. The molecule has 0 saturated carbocycles. The Hall–Kier alpha value is -1.76. The second-order valence-corrected chi connectivity index (χ2v) is 3.25. The van der Waals surface area contributed by atoms with Gasteiger partial charge in [-0.25, -0.2) is 19.0 Å². The van der Waals surface area contributed by atoms with Crippen molar-refractivity contribution in [3.8, 4) is 0 Å². The van der Waals surface area contributed by atoms with Crippen LogP contribution >= 0.6 is 0 Å². The summed E-state index contributed by atoms with van der Waals surface area (Å²) in [7, 11) is 0. The highest BCUT2D eigenvalue weighted by Gasteiger charge is 2.11. The molecule has 7 heteroatoms. The predicted molar refractivity (Wildman–Crippen MR) is 59.9 cm³/mol. The highest BCUT2D eigenvalue weighted by Crippen LogP contribution is 2.17. The van der Waals surface area contributed by atoms with Crippen molar-refractivity contribution in [1.82, 2.24) is 5.43 Å². The second kappa shape index (κ2) is 6.09. The Bertz CT molecular complexity index is 397. The van der Waals surface area contributed by atoms with Crippen LogP contribution in [0.15, 0.2) is 17.1 Å². The van der Waals surface area contributed by atoms with Crippen molar-refractivity contribution >= 4 is 11.6 Å². The molecule has 4 nitrogen and oxygen atoms in total. The van der Waals surface area contributed by atoms with Crippen LogP contribution in [0.3, 0.4) is 0 Å². The minimum atomic E-state index is -1.51. The molecule has 0 fully saturated rings. The number of aliphatic imine (C=N–C) groups is 1. The van der Waals surface area contributed by atoms with Crippen molar-refractivity contribution in [1.29, 1.82) is 0 Å². The quantitative estimate of drug-likeness (QED) is 0.250. The maximum absolute atomic E-state index is 12.9. The minimum absolute atomic E-state index is 0.0224. The molecule has 1 aromatic carbocycles. The lowest BCUT2D eigenvalue weighted by molar-refractivity contribution is 0.448. The molecule has 17 heavy (non-hydrogen) atoms. The van der Waals surface area contributed by atoms with E-state index < -0.39 is 17.5 Å². The molecule has 0 amide bonds. The van der Waals surface area contributed by atoms with E-state index in [9.17, 15) is 13.2 Å². The zero-order valence-electron chi connectivity index (χ0n) is 9.23. The first kappa shape index (κ1) is 13.3. The van der Waals surface area contributed by atoms with E-state index >= 15 is 0 Å². The number of hydrogen-bond donors (Lipinski definition) is 3. The van der Waals surface area contributed by atoms with E-state index in [4.69, 9.17) is 5.84 Å². The molecular formula is C10H13F3N4. The van der Waals surface area contributed by atoms with Gasteiger partial charge in [0.25, 0.3) is 0 Å². The van der Waals surface area contributed by atoms with Gasteiger partial charge in [-0.05, 0) is 6.42 Å². The first-order valence-electron chi connectivity index (χ1n) is 5.01. The molecule has 1 aromatic rings. The fourth-order valence-corrected chi connectivity index (χ4v) is 1.11. The van der Waals surface area contributed by atoms with Crippen LogP contribution in [0.25, 0.3) is 0 Å². The van der Waals surface area contributed by atoms with E-state index in [0.29, 0.717) is 6.54 Å². The average Bonchev–Trinajstić information content (AvgIpc) is 2.31. The van der Waals surface area contributed by atoms with Crippen LogP contribution in [0, 0.1) is 17.5 Å². The molecule has 0 aliphatic carbocycles. The van der Waals surface area contributed by atoms with Gasteiger partial charge in [0, 0.05) is 24.4 Å². The summed E-state index contributed by atoms with van der Waals surface area (Å²) in [5.74, 6) is 1.25. The summed E-state index contributed by atoms with van der Waals surface area (Å²) in [4.78, 5) is 3.97. The zero-order valence-corrected chi connectivity index (χ0v) is 9.23. The van der Waals surface area contributed by atoms with Crippen LogP contribution in [-0.2, 0) is 0 Å². The van der Waals surface area contributed by atoms with E-state index in [1.807, 2.05) is 6.92 Å². The number of nitrogens with two attached hydrogens (primary N) is 1. The van der Waals surface area contributed by atoms with Crippen molar-refractivity contribution in [2.75, 3.05) is 11.9 Å². The maximum atomic E-state index is 12.9. The lowest BCUT2D eigenvalue weighted by Crippen LogP contribution is -2.36. The molecule has 0 spiro atoms. The zero-order chi connectivity index (χ0) is 12.8. The second-order valence-electron chi connectivity index (χ2n) is 3.25. The van der Waals surface area contributed by atoms with Gasteiger partial charge >= 0.3 is 0 Å². The van der Waals surface area contributed by atoms with Gasteiger partial charge in [0.2, 0.25) is 5.96 Å². The Morgan fingerprint density at radius 1 is 1.29 bits per heavy atom. The maximum Gasteiger partial charge on any atom is 0.210 e. The summed E-state index contributed by atoms with van der Waals surface area (Å²) < 4.78 is 38.5. The Balaban J connectivity index is 2.87. The number of halogens is 3. The normalized spacial score (nSPS) is 11.5. The standard InChI is InChI=1S/C10H13F3N4/c1-2-3-15-10(17-14)16-6-4-7(11)9(13)8(12)5-6/h4-5H,2-3,14H2,1H3,(H2,15,16,17). The lowest BCUT2D eigenvalue weighted by atomic mass is 10.3. The summed E-state index contributed by atoms with van der Waals surface area (Å²) in [6, 6.07) is 1.63. The Morgan fingerprint density at radius 2 is 1.88 bits per heavy atom. The van der Waals surface area contributed by atoms with Gasteiger partial charge in [0.1, 0.15) is 0 Å². The van der Waals surface area contributed by atoms with Gasteiger partial charge in [-0.15, -0.1) is 0 Å². The molecule has 0 saturated heterocycles. The smallest absolute Gasteiger partial charge is 0.210 e. The van der Waals surface area contributed by atoms with E-state index in [-0.39, 0.29) is 11.6 Å². The molecule has 0 aliphatic rings. The van der Waals surface area contributed by atoms with Gasteiger partial charge < -0.3 is 5.32 Å². The molecule has 0 radical (unpaired) electrons. The average molecular weight is 246 g/mol. The van der Waals surface area contributed by atoms with Crippen molar-refractivity contribution in [3.05, 3.63) is 29.6 Å². The highest BCUT2D eigenvalue weighted by atomic mass is 19.2. The highest BCUT2D eigenvalue weighted by molar-refractivity contribution is 5.93. The van der Waals surface area contributed by atoms with Crippen molar-refractivity contribution in [3.63, 3.8) is 0 Å². The largest absolute Gasteiger partial charge is 0.325 e. The third kappa shape index (κ3) is 3.63. The molecule has 1 rings (SSSR count). The number of hydrazine groups is 1. The van der Waals surface area contributed by atoms with Crippen LogP contribution < -0.4 is 16.6 Å². The number of guanidine groups is 1. The fourth-order valence-electron chi connectivity index (χ4n) is 1.11. The van der Waals surface area contributed by atoms with E-state index in [2.05, 4.69) is 15.7 Å². The summed E-state index contributed by atoms with van der Waals surface area (Å²) in [6.45, 7) is 2.41. The number of anilines is 1. The molecule has 0 aliphatic heterocycles. The van der Waals surface area contributed by atoms with Crippen LogP contribution in [-0.4, -0.2) is 12.5 Å². The lowest BCUT2D eigenvalue weighted by Gasteiger charge is -2.09. The molecule has 0 atom stereocenters. The number of benzene rings is 1. The van der Waals surface area contributed by atoms with Crippen LogP contribution in [0.2, 0.25) is 0 Å². The molecule has 0 unspecified atom stereocenters. The van der Waals surface area contributed by atoms with Gasteiger partial charge in [0.15, 0.2) is 17.5 Å². The fraction of sp³-hybridized carbons (Fsp3) is 0.300. The van der Waals surface area contributed by atoms with Crippen molar-refractivity contribution in [2.24, 2.45) is 10.8 Å². The summed E-state index contributed by atoms with van der Waals surface area (Å²) in [5.41, 5.74) is 2.26. The third-order valence-corrected chi connectivity index (χ3v) is 1.88. The molecule has 0 heterocycles. The van der Waals surface area contributed by atoms with Crippen LogP contribution in [0.1, 0.15) is 13.3 Å². The van der Waals surface area contributed by atoms with Crippen molar-refractivity contribution < 1.29 is 13.2 Å². The number of nitrogens with zero attached hydrogens (tertiary/aromatic N) is 1. The van der Waals surface area contributed by atoms with Crippen LogP contribution in [0.4, 0.5) is 18.9 Å². The first-order valence-corrected chi connectivity index (χ1v) is 5.01. The van der Waals surface area contributed by atoms with E-state index in [1.165, 1.54) is 0 Å². The monoisotopic (exact) mass is 246 g/mol. The van der Waals surface area contributed by atoms with Gasteiger partial charge in [-0.3, -0.25) is 10.4 Å². The third-order valence-electron chi connectivity index (χ3n) is 1.88. The molecule has 4 N–H and O–H groups in total. The molecule has 0 bridgehead atoms. The predicted octanol–water partition coefficient (Wildman–Crippen LogP) is 1.75. The number of hydrogen-bond acceptors (Lipinski definition) is 2. The van der Waals surface area contributed by atoms with E-state index in [0.717, 1.165) is 18.6 Å². The van der Waals surface area contributed by atoms with Gasteiger partial charge in [0.05, 0.1) is 0 Å². The van der Waals surface area contributed by atoms with Crippen LogP contribution in [0.5, 0.6) is 0 Å². The Morgan fingerprint density at radius 3 is 2.35 bits per heavy atom. The summed E-state index contributed by atoms with van der Waals surface area (Å²) >= 11 is 0. The number of rotatable bonds is 3. The first-order chi connectivity index (χ1) is 8.08. The minimum Gasteiger partial charge on any atom is -0.325 e. The summed E-state index contributed by atoms with van der Waals surface area (Å²) in [6.07, 6.45) is 0.791. The number of nitrogens with one attached hydrogen (secondary N) is 2. The summed E-state index contributed by atoms with van der Waals surface area (Å²) in [5, 5.41) is 2.54. The molecular weight excluding hydrogens is 233 g/mol. The van der Waals surface area contributed by atoms with Gasteiger partial charge in [-0.1, -0.05) is 6.92 Å². The topological polar surface area (TPSA) is 62.4 Å². The molecule has 94 valence electrons. The Labute approximate surface area is 96.7 Å².